The van der Waals surface area contributed by atoms with Crippen molar-refractivity contribution >= 4 is 27.2 Å². The number of rotatable bonds is 2. The van der Waals surface area contributed by atoms with Crippen LogP contribution in [0.15, 0.2) is 36.5 Å². The molecule has 4 heterocycles. The van der Waals surface area contributed by atoms with Crippen molar-refractivity contribution in [1.29, 1.82) is 0 Å². The minimum Gasteiger partial charge on any atom is -0.317 e. The van der Waals surface area contributed by atoms with Crippen molar-refractivity contribution in [1.82, 2.24) is 24.9 Å². The average Bonchev–Trinajstić information content (AvgIpc) is 3.23. The van der Waals surface area contributed by atoms with E-state index in [1.54, 1.807) is 0 Å². The lowest BCUT2D eigenvalue weighted by Gasteiger charge is -2.20. The number of aromatic nitrogens is 4. The number of hydrogen-bond acceptors (Lipinski definition) is 5. The van der Waals surface area contributed by atoms with E-state index in [0.717, 1.165) is 41.2 Å². The number of thiazole rings is 1. The molecular formula is C19H19N5S. The van der Waals surface area contributed by atoms with Crippen molar-refractivity contribution in [2.45, 2.75) is 25.7 Å². The van der Waals surface area contributed by atoms with Crippen LogP contribution in [0.2, 0.25) is 0 Å². The van der Waals surface area contributed by atoms with Crippen molar-refractivity contribution in [2.24, 2.45) is 0 Å². The van der Waals surface area contributed by atoms with E-state index in [0.29, 0.717) is 5.92 Å². The summed E-state index contributed by atoms with van der Waals surface area (Å²) in [5.74, 6) is 0.602. The molecule has 1 saturated heterocycles. The summed E-state index contributed by atoms with van der Waals surface area (Å²) in [5, 5.41) is 9.41. The Morgan fingerprint density at radius 1 is 1.12 bits per heavy atom. The van der Waals surface area contributed by atoms with Gasteiger partial charge in [-0.25, -0.2) is 14.5 Å². The molecular weight excluding hydrogens is 330 g/mol. The first-order chi connectivity index (χ1) is 12.3. The van der Waals surface area contributed by atoms with Gasteiger partial charge in [-0.2, -0.15) is 5.10 Å². The zero-order valence-electron chi connectivity index (χ0n) is 14.1. The van der Waals surface area contributed by atoms with E-state index in [1.807, 2.05) is 41.1 Å². The minimum absolute atomic E-state index is 0.602. The second kappa shape index (κ2) is 5.89. The summed E-state index contributed by atoms with van der Waals surface area (Å²) in [5.41, 5.74) is 5.05. The molecule has 0 amide bonds. The summed E-state index contributed by atoms with van der Waals surface area (Å²) in [6, 6.07) is 10.5. The van der Waals surface area contributed by atoms with Crippen molar-refractivity contribution in [3.05, 3.63) is 47.2 Å². The van der Waals surface area contributed by atoms with Crippen LogP contribution in [0.4, 0.5) is 0 Å². The first kappa shape index (κ1) is 15.0. The van der Waals surface area contributed by atoms with E-state index in [1.165, 1.54) is 22.5 Å². The molecule has 3 aromatic heterocycles. The molecule has 0 bridgehead atoms. The fourth-order valence-electron chi connectivity index (χ4n) is 3.50. The maximum absolute atomic E-state index is 4.88. The number of imidazole rings is 1. The van der Waals surface area contributed by atoms with Crippen molar-refractivity contribution in [2.75, 3.05) is 13.1 Å². The molecule has 126 valence electrons. The van der Waals surface area contributed by atoms with E-state index < -0.39 is 0 Å². The van der Waals surface area contributed by atoms with Gasteiger partial charge < -0.3 is 5.32 Å². The van der Waals surface area contributed by atoms with E-state index in [4.69, 9.17) is 10.1 Å². The van der Waals surface area contributed by atoms with Crippen LogP contribution in [0.5, 0.6) is 0 Å². The second-order valence-corrected chi connectivity index (χ2v) is 7.72. The Morgan fingerprint density at radius 2 is 2.00 bits per heavy atom. The van der Waals surface area contributed by atoms with Crippen LogP contribution in [0, 0.1) is 6.92 Å². The molecule has 6 heteroatoms. The highest BCUT2D eigenvalue weighted by Crippen LogP contribution is 2.34. The maximum Gasteiger partial charge on any atom is 0.153 e. The zero-order valence-corrected chi connectivity index (χ0v) is 14.9. The Labute approximate surface area is 149 Å². The van der Waals surface area contributed by atoms with E-state index in [-0.39, 0.29) is 0 Å². The highest BCUT2D eigenvalue weighted by atomic mass is 32.1. The summed E-state index contributed by atoms with van der Waals surface area (Å²) in [4.78, 5) is 9.32. The average molecular weight is 349 g/mol. The van der Waals surface area contributed by atoms with Crippen LogP contribution < -0.4 is 5.32 Å². The van der Waals surface area contributed by atoms with Crippen LogP contribution >= 0.6 is 11.3 Å². The Balaban J connectivity index is 1.54. The molecule has 0 spiro atoms. The van der Waals surface area contributed by atoms with Gasteiger partial charge in [0.15, 0.2) is 5.65 Å². The Bertz CT molecular complexity index is 1060. The molecule has 1 aliphatic heterocycles. The standard InChI is InChI=1S/C19H19N5S/c1-12-11-24-18(21-12)5-4-15(23-24)14-2-3-16-17(10-14)25-19(22-16)13-6-8-20-9-7-13/h2-5,10-11,13,20H,6-9H2,1H3. The molecule has 25 heavy (non-hydrogen) atoms. The van der Waals surface area contributed by atoms with Gasteiger partial charge in [0, 0.05) is 11.5 Å². The van der Waals surface area contributed by atoms with Gasteiger partial charge >= 0.3 is 0 Å². The van der Waals surface area contributed by atoms with Gasteiger partial charge in [-0.1, -0.05) is 6.07 Å². The number of nitrogens with zero attached hydrogens (tertiary/aromatic N) is 4. The molecule has 0 saturated carbocycles. The van der Waals surface area contributed by atoms with Gasteiger partial charge in [-0.3, -0.25) is 0 Å². The molecule has 1 aliphatic rings. The molecule has 1 aromatic carbocycles. The highest BCUT2D eigenvalue weighted by molar-refractivity contribution is 7.18. The number of piperidine rings is 1. The van der Waals surface area contributed by atoms with Crippen LogP contribution in [-0.4, -0.2) is 32.7 Å². The molecule has 0 radical (unpaired) electrons. The van der Waals surface area contributed by atoms with Gasteiger partial charge in [0.1, 0.15) is 0 Å². The van der Waals surface area contributed by atoms with E-state index in [2.05, 4.69) is 28.5 Å². The smallest absolute Gasteiger partial charge is 0.153 e. The number of aryl methyl sites for hydroxylation is 1. The molecule has 4 aromatic rings. The third kappa shape index (κ3) is 2.71. The topological polar surface area (TPSA) is 55.1 Å². The summed E-state index contributed by atoms with van der Waals surface area (Å²) < 4.78 is 3.09. The van der Waals surface area contributed by atoms with Gasteiger partial charge in [-0.05, 0) is 57.1 Å². The number of nitrogens with one attached hydrogen (secondary N) is 1. The van der Waals surface area contributed by atoms with Crippen LogP contribution in [-0.2, 0) is 0 Å². The number of benzene rings is 1. The first-order valence-electron chi connectivity index (χ1n) is 8.71. The Hall–Kier alpha value is -2.31. The van der Waals surface area contributed by atoms with Crippen LogP contribution in [0.1, 0.15) is 29.5 Å². The lowest BCUT2D eigenvalue weighted by molar-refractivity contribution is 0.459. The molecule has 0 atom stereocenters. The summed E-state index contributed by atoms with van der Waals surface area (Å²) in [6.07, 6.45) is 4.33. The predicted molar refractivity (Wildman–Crippen MR) is 101 cm³/mol. The largest absolute Gasteiger partial charge is 0.317 e. The van der Waals surface area contributed by atoms with E-state index in [9.17, 15) is 0 Å². The molecule has 0 aliphatic carbocycles. The van der Waals surface area contributed by atoms with Crippen molar-refractivity contribution in [3.63, 3.8) is 0 Å². The van der Waals surface area contributed by atoms with Crippen LogP contribution in [0.3, 0.4) is 0 Å². The van der Waals surface area contributed by atoms with Gasteiger partial charge in [0.05, 0.1) is 32.8 Å². The quantitative estimate of drug-likeness (QED) is 0.598. The molecule has 0 unspecified atom stereocenters. The Morgan fingerprint density at radius 3 is 2.88 bits per heavy atom. The molecule has 5 rings (SSSR count). The number of fused-ring (bicyclic) bond motifs is 2. The normalized spacial score (nSPS) is 16.0. The molecule has 1 N–H and O–H groups in total. The van der Waals surface area contributed by atoms with Gasteiger partial charge in [-0.15, -0.1) is 11.3 Å². The lowest BCUT2D eigenvalue weighted by Crippen LogP contribution is -2.26. The SMILES string of the molecule is Cc1cn2nc(-c3ccc4nc(C5CCNCC5)sc4c3)ccc2n1. The van der Waals surface area contributed by atoms with Gasteiger partial charge in [0.2, 0.25) is 0 Å². The fraction of sp³-hybridized carbons (Fsp3) is 0.316. The van der Waals surface area contributed by atoms with Crippen LogP contribution in [0.25, 0.3) is 27.1 Å². The zero-order chi connectivity index (χ0) is 16.8. The highest BCUT2D eigenvalue weighted by Gasteiger charge is 2.19. The van der Waals surface area contributed by atoms with Gasteiger partial charge in [0.25, 0.3) is 0 Å². The van der Waals surface area contributed by atoms with E-state index >= 15 is 0 Å². The molecule has 1 fully saturated rings. The first-order valence-corrected chi connectivity index (χ1v) is 9.52. The summed E-state index contributed by atoms with van der Waals surface area (Å²) >= 11 is 1.83. The van der Waals surface area contributed by atoms with Crippen molar-refractivity contribution < 1.29 is 0 Å². The third-order valence-electron chi connectivity index (χ3n) is 4.83. The molecule has 5 nitrogen and oxygen atoms in total. The fourth-order valence-corrected chi connectivity index (χ4v) is 4.68. The summed E-state index contributed by atoms with van der Waals surface area (Å²) in [7, 11) is 0. The second-order valence-electron chi connectivity index (χ2n) is 6.66. The third-order valence-corrected chi connectivity index (χ3v) is 6.01. The monoisotopic (exact) mass is 349 g/mol. The summed E-state index contributed by atoms with van der Waals surface area (Å²) in [6.45, 7) is 4.18. The maximum atomic E-state index is 4.88. The van der Waals surface area contributed by atoms with Crippen molar-refractivity contribution in [3.8, 4) is 11.3 Å². The number of hydrogen-bond donors (Lipinski definition) is 1. The predicted octanol–water partition coefficient (Wildman–Crippen LogP) is 3.78. The Kier molecular flexibility index (Phi) is 3.53. The lowest BCUT2D eigenvalue weighted by atomic mass is 9.99. The minimum atomic E-state index is 0.602.